The van der Waals surface area contributed by atoms with Gasteiger partial charge in [-0.2, -0.15) is 0 Å². The Hall–Kier alpha value is -2.12. The first-order valence-electron chi connectivity index (χ1n) is 7.67. The Morgan fingerprint density at radius 2 is 2.08 bits per heavy atom. The molecule has 25 heavy (non-hydrogen) atoms. The van der Waals surface area contributed by atoms with Gasteiger partial charge < -0.3 is 9.47 Å². The number of nitrogens with zero attached hydrogens (tertiary/aromatic N) is 1. The molecule has 0 saturated carbocycles. The Balaban J connectivity index is 2.43. The highest BCUT2D eigenvalue weighted by atomic mass is 35.5. The van der Waals surface area contributed by atoms with Crippen LogP contribution in [-0.2, 0) is 9.59 Å². The fraction of sp³-hybridized carbons (Fsp3) is 0.353. The number of hydrogen-bond acceptors (Lipinski definition) is 5. The highest BCUT2D eigenvalue weighted by Gasteiger charge is 2.30. The van der Waals surface area contributed by atoms with Crippen molar-refractivity contribution in [2.24, 2.45) is 0 Å². The van der Waals surface area contributed by atoms with Gasteiger partial charge in [0.05, 0.1) is 18.2 Å². The van der Waals surface area contributed by atoms with Gasteiger partial charge >= 0.3 is 0 Å². The molecule has 1 saturated heterocycles. The number of halogens is 1. The van der Waals surface area contributed by atoms with Gasteiger partial charge in [-0.15, -0.1) is 0 Å². The normalized spacial score (nSPS) is 17.6. The molecule has 1 fully saturated rings. The van der Waals surface area contributed by atoms with Crippen molar-refractivity contribution in [1.82, 2.24) is 10.2 Å². The van der Waals surface area contributed by atoms with Crippen LogP contribution < -0.4 is 14.8 Å². The highest BCUT2D eigenvalue weighted by Crippen LogP contribution is 2.38. The van der Waals surface area contributed by atoms with Crippen LogP contribution in [0.5, 0.6) is 11.5 Å². The van der Waals surface area contributed by atoms with Gasteiger partial charge in [-0.1, -0.05) is 18.5 Å². The van der Waals surface area contributed by atoms with Crippen LogP contribution in [0.25, 0.3) is 6.08 Å². The van der Waals surface area contributed by atoms with Crippen molar-refractivity contribution in [2.45, 2.75) is 26.4 Å². The van der Waals surface area contributed by atoms with E-state index < -0.39 is 11.8 Å². The summed E-state index contributed by atoms with van der Waals surface area (Å²) in [5.74, 6) is -0.183. The van der Waals surface area contributed by atoms with Crippen LogP contribution in [0.4, 0.5) is 0 Å². The van der Waals surface area contributed by atoms with Crippen molar-refractivity contribution in [3.8, 4) is 11.5 Å². The maximum absolute atomic E-state index is 12.3. The van der Waals surface area contributed by atoms with E-state index in [1.54, 1.807) is 12.1 Å². The minimum Gasteiger partial charge on any atom is -0.493 e. The highest BCUT2D eigenvalue weighted by molar-refractivity contribution is 7.80. The monoisotopic (exact) mass is 382 g/mol. The average molecular weight is 383 g/mol. The molecular weight excluding hydrogens is 364 g/mol. The summed E-state index contributed by atoms with van der Waals surface area (Å²) >= 11 is 11.2. The number of hydrogen-bond donors (Lipinski definition) is 1. The van der Waals surface area contributed by atoms with Gasteiger partial charge in [-0.25, -0.2) is 0 Å². The Morgan fingerprint density at radius 1 is 1.40 bits per heavy atom. The van der Waals surface area contributed by atoms with E-state index in [9.17, 15) is 9.59 Å². The van der Waals surface area contributed by atoms with Gasteiger partial charge in [0.2, 0.25) is 0 Å². The third-order valence-corrected chi connectivity index (χ3v) is 4.42. The van der Waals surface area contributed by atoms with Crippen LogP contribution in [0.3, 0.4) is 0 Å². The van der Waals surface area contributed by atoms with Gasteiger partial charge in [0, 0.05) is 7.05 Å². The number of benzene rings is 1. The van der Waals surface area contributed by atoms with Crippen molar-refractivity contribution in [3.05, 3.63) is 28.3 Å². The van der Waals surface area contributed by atoms with Gasteiger partial charge in [0.1, 0.15) is 5.57 Å². The Labute approximate surface area is 156 Å². The lowest BCUT2D eigenvalue weighted by Crippen LogP contribution is -2.52. The molecule has 0 radical (unpaired) electrons. The van der Waals surface area contributed by atoms with Crippen LogP contribution in [0.1, 0.15) is 25.8 Å². The second kappa shape index (κ2) is 7.84. The molecule has 1 aromatic carbocycles. The van der Waals surface area contributed by atoms with E-state index in [0.717, 1.165) is 6.42 Å². The Morgan fingerprint density at radius 3 is 2.68 bits per heavy atom. The fourth-order valence-corrected chi connectivity index (χ4v) is 2.57. The lowest BCUT2D eigenvalue weighted by molar-refractivity contribution is -0.128. The molecule has 0 bridgehead atoms. The molecule has 6 nitrogen and oxygen atoms in total. The average Bonchev–Trinajstić information content (AvgIpc) is 2.58. The zero-order chi connectivity index (χ0) is 18.7. The summed E-state index contributed by atoms with van der Waals surface area (Å²) in [5, 5.41) is 2.86. The lowest BCUT2D eigenvalue weighted by Gasteiger charge is -2.25. The Kier molecular flexibility index (Phi) is 6.02. The van der Waals surface area contributed by atoms with Crippen molar-refractivity contribution < 1.29 is 19.1 Å². The van der Waals surface area contributed by atoms with Crippen LogP contribution in [-0.4, -0.2) is 42.1 Å². The first-order valence-corrected chi connectivity index (χ1v) is 8.46. The van der Waals surface area contributed by atoms with Gasteiger partial charge in [-0.05, 0) is 49.3 Å². The predicted octanol–water partition coefficient (Wildman–Crippen LogP) is 2.78. The molecule has 1 N–H and O–H groups in total. The SMILES string of the molecule is CC[C@@H](C)Oc1c(Cl)cc(/C=C2/C(=O)NC(=S)N(C)C2=O)cc1OC. The standard InChI is InChI=1S/C17H19ClN2O4S/c1-5-9(2)24-14-12(18)7-10(8-13(14)23-4)6-11-15(21)19-17(25)20(3)16(11)22/h6-9H,5H2,1-4H3,(H,19,21,25)/b11-6-/t9-/m1/s1. The minimum atomic E-state index is -0.553. The molecule has 0 aromatic heterocycles. The first-order chi connectivity index (χ1) is 11.8. The molecule has 134 valence electrons. The number of amides is 2. The molecule has 0 spiro atoms. The summed E-state index contributed by atoms with van der Waals surface area (Å²) < 4.78 is 11.1. The summed E-state index contributed by atoms with van der Waals surface area (Å²) in [4.78, 5) is 25.5. The van der Waals surface area contributed by atoms with E-state index in [2.05, 4.69) is 5.32 Å². The van der Waals surface area contributed by atoms with E-state index in [1.165, 1.54) is 25.1 Å². The zero-order valence-corrected chi connectivity index (χ0v) is 16.0. The zero-order valence-electron chi connectivity index (χ0n) is 14.4. The van der Waals surface area contributed by atoms with E-state index in [4.69, 9.17) is 33.3 Å². The second-order valence-corrected chi connectivity index (χ2v) is 6.35. The number of likely N-dealkylation sites (N-methyl/N-ethyl adjacent to an activating group) is 1. The van der Waals surface area contributed by atoms with Crippen LogP contribution in [0, 0.1) is 0 Å². The second-order valence-electron chi connectivity index (χ2n) is 5.55. The van der Waals surface area contributed by atoms with Gasteiger partial charge in [-0.3, -0.25) is 19.8 Å². The number of thiocarbonyl (C=S) groups is 1. The van der Waals surface area contributed by atoms with Crippen molar-refractivity contribution in [1.29, 1.82) is 0 Å². The lowest BCUT2D eigenvalue weighted by atomic mass is 10.1. The largest absolute Gasteiger partial charge is 0.493 e. The van der Waals surface area contributed by atoms with E-state index in [1.807, 2.05) is 13.8 Å². The minimum absolute atomic E-state index is 0.0315. The molecule has 0 unspecified atom stereocenters. The maximum atomic E-state index is 12.3. The molecule has 1 atom stereocenters. The maximum Gasteiger partial charge on any atom is 0.265 e. The summed E-state index contributed by atoms with van der Waals surface area (Å²) in [6, 6.07) is 3.27. The molecule has 2 amide bonds. The van der Waals surface area contributed by atoms with Gasteiger partial charge in [0.25, 0.3) is 11.8 Å². The number of methoxy groups -OCH3 is 1. The molecule has 1 aromatic rings. The molecule has 0 aliphatic carbocycles. The van der Waals surface area contributed by atoms with Crippen LogP contribution >= 0.6 is 23.8 Å². The predicted molar refractivity (Wildman–Crippen MR) is 99.9 cm³/mol. The number of carbonyl (C=O) groups is 2. The molecule has 2 rings (SSSR count). The summed E-state index contributed by atoms with van der Waals surface area (Å²) in [6.07, 6.45) is 2.22. The molecular formula is C17H19ClN2O4S. The topological polar surface area (TPSA) is 67.9 Å². The van der Waals surface area contributed by atoms with Crippen molar-refractivity contribution >= 4 is 46.8 Å². The molecule has 1 heterocycles. The van der Waals surface area contributed by atoms with E-state index in [0.29, 0.717) is 22.1 Å². The first kappa shape index (κ1) is 19.2. The summed E-state index contributed by atoms with van der Waals surface area (Å²) in [5.41, 5.74) is 0.503. The van der Waals surface area contributed by atoms with Crippen LogP contribution in [0.2, 0.25) is 5.02 Å². The number of rotatable bonds is 5. The number of ether oxygens (including phenoxy) is 2. The van der Waals surface area contributed by atoms with Gasteiger partial charge in [0.15, 0.2) is 16.6 Å². The van der Waals surface area contributed by atoms with Crippen molar-refractivity contribution in [2.75, 3.05) is 14.2 Å². The summed E-state index contributed by atoms with van der Waals surface area (Å²) in [6.45, 7) is 3.92. The molecule has 1 aliphatic rings. The number of carbonyl (C=O) groups excluding carboxylic acids is 2. The quantitative estimate of drug-likeness (QED) is 0.482. The van der Waals surface area contributed by atoms with E-state index >= 15 is 0 Å². The summed E-state index contributed by atoms with van der Waals surface area (Å²) in [7, 11) is 2.99. The molecule has 1 aliphatic heterocycles. The Bertz CT molecular complexity index is 763. The van der Waals surface area contributed by atoms with Crippen molar-refractivity contribution in [3.63, 3.8) is 0 Å². The third kappa shape index (κ3) is 4.11. The smallest absolute Gasteiger partial charge is 0.265 e. The molecule has 8 heteroatoms. The van der Waals surface area contributed by atoms with E-state index in [-0.39, 0.29) is 16.8 Å². The van der Waals surface area contributed by atoms with Crippen LogP contribution in [0.15, 0.2) is 17.7 Å². The third-order valence-electron chi connectivity index (χ3n) is 3.76. The number of nitrogens with one attached hydrogen (secondary N) is 1. The fourth-order valence-electron chi connectivity index (χ4n) is 2.13.